The monoisotopic (exact) mass is 280 g/mol. The third-order valence-corrected chi connectivity index (χ3v) is 3.29. The Morgan fingerprint density at radius 1 is 1.30 bits per heavy atom. The van der Waals surface area contributed by atoms with Gasteiger partial charge in [-0.1, -0.05) is 20.8 Å². The summed E-state index contributed by atoms with van der Waals surface area (Å²) in [5.41, 5.74) is 0.859. The lowest BCUT2D eigenvalue weighted by Crippen LogP contribution is -2.38. The van der Waals surface area contributed by atoms with Crippen LogP contribution < -0.4 is 10.9 Å². The molecule has 5 nitrogen and oxygen atoms in total. The van der Waals surface area contributed by atoms with Gasteiger partial charge in [-0.05, 0) is 31.2 Å². The van der Waals surface area contributed by atoms with Crippen molar-refractivity contribution in [1.29, 1.82) is 0 Å². The molecule has 0 aliphatic carbocycles. The van der Waals surface area contributed by atoms with E-state index in [4.69, 9.17) is 5.11 Å². The predicted octanol–water partition coefficient (Wildman–Crippen LogP) is 1.32. The molecule has 0 saturated heterocycles. The van der Waals surface area contributed by atoms with E-state index >= 15 is 0 Å². The molecule has 1 heterocycles. The number of pyridine rings is 1. The molecule has 2 atom stereocenters. The van der Waals surface area contributed by atoms with Crippen LogP contribution >= 0.6 is 0 Å². The molecule has 1 aromatic heterocycles. The molecule has 20 heavy (non-hydrogen) atoms. The normalized spacial score (nSPS) is 14.1. The van der Waals surface area contributed by atoms with Crippen molar-refractivity contribution in [3.8, 4) is 0 Å². The molecule has 0 aliphatic rings. The first-order valence-corrected chi connectivity index (χ1v) is 6.98. The van der Waals surface area contributed by atoms with Gasteiger partial charge in [-0.15, -0.1) is 0 Å². The summed E-state index contributed by atoms with van der Waals surface area (Å²) < 4.78 is 0. The van der Waals surface area contributed by atoms with E-state index in [-0.39, 0.29) is 30.0 Å². The van der Waals surface area contributed by atoms with Crippen LogP contribution in [0, 0.1) is 11.8 Å². The Morgan fingerprint density at radius 2 is 1.95 bits per heavy atom. The summed E-state index contributed by atoms with van der Waals surface area (Å²) in [4.78, 5) is 26.5. The zero-order valence-electron chi connectivity index (χ0n) is 12.6. The Kier molecular flexibility index (Phi) is 5.95. The van der Waals surface area contributed by atoms with E-state index in [1.54, 1.807) is 6.07 Å². The van der Waals surface area contributed by atoms with Crippen molar-refractivity contribution >= 4 is 5.91 Å². The van der Waals surface area contributed by atoms with Crippen LogP contribution in [0.3, 0.4) is 0 Å². The average molecular weight is 280 g/mol. The molecular weight excluding hydrogens is 256 g/mol. The molecule has 2 unspecified atom stereocenters. The lowest BCUT2D eigenvalue weighted by molar-refractivity contribution is 0.0916. The highest BCUT2D eigenvalue weighted by Gasteiger charge is 2.16. The minimum atomic E-state index is -0.283. The lowest BCUT2D eigenvalue weighted by atomic mass is 10.0. The minimum absolute atomic E-state index is 0.00934. The SMILES string of the molecule is CC(C)Cc1cc(C(=O)NC(C)C(C)CO)cc(=O)[nH]1. The minimum Gasteiger partial charge on any atom is -0.396 e. The van der Waals surface area contributed by atoms with E-state index in [0.29, 0.717) is 11.5 Å². The molecule has 0 aliphatic heterocycles. The van der Waals surface area contributed by atoms with E-state index in [9.17, 15) is 9.59 Å². The van der Waals surface area contributed by atoms with Crippen LogP contribution in [0.1, 0.15) is 43.7 Å². The number of aromatic nitrogens is 1. The molecule has 0 aromatic carbocycles. The summed E-state index contributed by atoms with van der Waals surface area (Å²) in [5.74, 6) is 0.0854. The first-order chi connectivity index (χ1) is 9.33. The van der Waals surface area contributed by atoms with E-state index in [0.717, 1.165) is 12.1 Å². The number of H-pyrrole nitrogens is 1. The van der Waals surface area contributed by atoms with Gasteiger partial charge in [-0.3, -0.25) is 9.59 Å². The zero-order valence-corrected chi connectivity index (χ0v) is 12.6. The van der Waals surface area contributed by atoms with Crippen molar-refractivity contribution < 1.29 is 9.90 Å². The highest BCUT2D eigenvalue weighted by Crippen LogP contribution is 2.07. The molecule has 0 bridgehead atoms. The van der Waals surface area contributed by atoms with Crippen LogP contribution in [0.4, 0.5) is 0 Å². The molecule has 1 aromatic rings. The van der Waals surface area contributed by atoms with Crippen molar-refractivity contribution in [1.82, 2.24) is 10.3 Å². The van der Waals surface area contributed by atoms with Crippen molar-refractivity contribution in [2.45, 2.75) is 40.2 Å². The number of rotatable bonds is 6. The number of nitrogens with one attached hydrogen (secondary N) is 2. The van der Waals surface area contributed by atoms with Crippen molar-refractivity contribution in [3.63, 3.8) is 0 Å². The molecular formula is C15H24N2O3. The van der Waals surface area contributed by atoms with Crippen molar-refractivity contribution in [2.24, 2.45) is 11.8 Å². The topological polar surface area (TPSA) is 82.2 Å². The van der Waals surface area contributed by atoms with E-state index in [2.05, 4.69) is 24.1 Å². The number of hydrogen-bond donors (Lipinski definition) is 3. The number of aromatic amines is 1. The number of carbonyl (C=O) groups excluding carboxylic acids is 1. The molecule has 5 heteroatoms. The third kappa shape index (κ3) is 4.81. The number of hydrogen-bond acceptors (Lipinski definition) is 3. The summed E-state index contributed by atoms with van der Waals surface area (Å²) in [6.45, 7) is 7.80. The molecule has 1 rings (SSSR count). The third-order valence-electron chi connectivity index (χ3n) is 3.29. The largest absolute Gasteiger partial charge is 0.396 e. The van der Waals surface area contributed by atoms with E-state index in [1.807, 2.05) is 13.8 Å². The van der Waals surface area contributed by atoms with Gasteiger partial charge in [0.05, 0.1) is 0 Å². The second-order valence-corrected chi connectivity index (χ2v) is 5.78. The Bertz CT molecular complexity index is 508. The van der Waals surface area contributed by atoms with Gasteiger partial charge in [-0.2, -0.15) is 0 Å². The molecule has 0 saturated carbocycles. The van der Waals surface area contributed by atoms with Gasteiger partial charge in [-0.25, -0.2) is 0 Å². The summed E-state index contributed by atoms with van der Waals surface area (Å²) in [6.07, 6.45) is 0.721. The first kappa shape index (κ1) is 16.4. The highest BCUT2D eigenvalue weighted by molar-refractivity contribution is 5.94. The number of aliphatic hydroxyl groups is 1. The Labute approximate surface area is 119 Å². The second kappa shape index (κ2) is 7.24. The van der Waals surface area contributed by atoms with Gasteiger partial charge < -0.3 is 15.4 Å². The lowest BCUT2D eigenvalue weighted by Gasteiger charge is -2.19. The van der Waals surface area contributed by atoms with Gasteiger partial charge in [0, 0.05) is 30.0 Å². The van der Waals surface area contributed by atoms with Gasteiger partial charge >= 0.3 is 0 Å². The van der Waals surface area contributed by atoms with Crippen LogP contribution in [0.5, 0.6) is 0 Å². The summed E-state index contributed by atoms with van der Waals surface area (Å²) >= 11 is 0. The Hall–Kier alpha value is -1.62. The van der Waals surface area contributed by atoms with E-state index < -0.39 is 0 Å². The zero-order chi connectivity index (χ0) is 15.3. The summed E-state index contributed by atoms with van der Waals surface area (Å²) in [7, 11) is 0. The van der Waals surface area contributed by atoms with Gasteiger partial charge in [0.25, 0.3) is 5.91 Å². The van der Waals surface area contributed by atoms with Gasteiger partial charge in [0.2, 0.25) is 5.56 Å². The van der Waals surface area contributed by atoms with Crippen molar-refractivity contribution in [2.75, 3.05) is 6.61 Å². The van der Waals surface area contributed by atoms with Crippen LogP contribution in [0.25, 0.3) is 0 Å². The molecule has 0 fully saturated rings. The fourth-order valence-corrected chi connectivity index (χ4v) is 1.87. The standard InChI is InChI=1S/C15H24N2O3/c1-9(2)5-13-6-12(7-14(19)17-13)15(20)16-11(4)10(3)8-18/h6-7,9-11,18H,5,8H2,1-4H3,(H,16,20)(H,17,19). The number of amides is 1. The smallest absolute Gasteiger partial charge is 0.251 e. The quantitative estimate of drug-likeness (QED) is 0.735. The fourth-order valence-electron chi connectivity index (χ4n) is 1.87. The summed E-state index contributed by atoms with van der Waals surface area (Å²) in [6, 6.07) is 2.86. The Morgan fingerprint density at radius 3 is 2.50 bits per heavy atom. The Balaban J connectivity index is 2.87. The van der Waals surface area contributed by atoms with Crippen LogP contribution in [0.15, 0.2) is 16.9 Å². The fraction of sp³-hybridized carbons (Fsp3) is 0.600. The highest BCUT2D eigenvalue weighted by atomic mass is 16.3. The van der Waals surface area contributed by atoms with Gasteiger partial charge in [0.15, 0.2) is 0 Å². The number of aliphatic hydroxyl groups excluding tert-OH is 1. The predicted molar refractivity (Wildman–Crippen MR) is 78.8 cm³/mol. The van der Waals surface area contributed by atoms with Crippen LogP contribution in [-0.4, -0.2) is 28.6 Å². The molecule has 1 amide bonds. The molecule has 0 radical (unpaired) electrons. The van der Waals surface area contributed by atoms with E-state index in [1.165, 1.54) is 6.07 Å². The molecule has 0 spiro atoms. The molecule has 112 valence electrons. The maximum atomic E-state index is 12.1. The first-order valence-electron chi connectivity index (χ1n) is 6.98. The maximum Gasteiger partial charge on any atom is 0.251 e. The average Bonchev–Trinajstić information content (AvgIpc) is 2.35. The van der Waals surface area contributed by atoms with Crippen LogP contribution in [0.2, 0.25) is 0 Å². The van der Waals surface area contributed by atoms with Gasteiger partial charge in [0.1, 0.15) is 0 Å². The number of carbonyl (C=O) groups is 1. The molecule has 3 N–H and O–H groups in total. The second-order valence-electron chi connectivity index (χ2n) is 5.78. The van der Waals surface area contributed by atoms with Crippen molar-refractivity contribution in [3.05, 3.63) is 33.7 Å². The van der Waals surface area contributed by atoms with Crippen LogP contribution in [-0.2, 0) is 6.42 Å². The maximum absolute atomic E-state index is 12.1. The summed E-state index contributed by atoms with van der Waals surface area (Å²) in [5, 5.41) is 11.9.